The van der Waals surface area contributed by atoms with Crippen LogP contribution in [0.4, 0.5) is 0 Å². The molecule has 9 heteroatoms. The predicted octanol–water partition coefficient (Wildman–Crippen LogP) is -0.309. The van der Waals surface area contributed by atoms with Crippen molar-refractivity contribution in [3.05, 3.63) is 0 Å². The third kappa shape index (κ3) is 7.66. The minimum absolute atomic E-state index is 0.0208. The summed E-state index contributed by atoms with van der Waals surface area (Å²) in [6.45, 7) is 3.08. The summed E-state index contributed by atoms with van der Waals surface area (Å²) in [6.07, 6.45) is -2.41. The topological polar surface area (TPSA) is 116 Å². The molecule has 0 amide bonds. The lowest BCUT2D eigenvalue weighted by Crippen LogP contribution is -2.32. The van der Waals surface area contributed by atoms with E-state index in [9.17, 15) is 18.0 Å². The highest BCUT2D eigenvalue weighted by molar-refractivity contribution is 7.80. The number of hydrogen-bond donors (Lipinski definition) is 1. The Kier molecular flexibility index (Phi) is 6.69. The van der Waals surface area contributed by atoms with Crippen molar-refractivity contribution in [2.24, 2.45) is 0 Å². The second kappa shape index (κ2) is 7.20. The molecule has 0 aromatic heterocycles. The standard InChI is InChI=1S/C8H14O8S/c1-3-14-7(9)5-6(8(10)15-4-2)16-17(11,12)13/h6H,3-5H2,1-2H3,(H,11,12,13). The van der Waals surface area contributed by atoms with Crippen molar-refractivity contribution in [3.63, 3.8) is 0 Å². The summed E-state index contributed by atoms with van der Waals surface area (Å²) in [7, 11) is -4.86. The van der Waals surface area contributed by atoms with Crippen molar-refractivity contribution >= 4 is 22.3 Å². The van der Waals surface area contributed by atoms with Crippen LogP contribution in [0.1, 0.15) is 20.3 Å². The number of carbonyl (C=O) groups excluding carboxylic acids is 2. The molecular weight excluding hydrogens is 256 g/mol. The fraction of sp³-hybridized carbons (Fsp3) is 0.750. The highest BCUT2D eigenvalue weighted by atomic mass is 32.3. The molecule has 1 N–H and O–H groups in total. The lowest BCUT2D eigenvalue weighted by atomic mass is 10.2. The second-order valence-electron chi connectivity index (χ2n) is 2.77. The molecule has 17 heavy (non-hydrogen) atoms. The molecule has 0 aliphatic heterocycles. The van der Waals surface area contributed by atoms with Gasteiger partial charge in [-0.05, 0) is 13.8 Å². The normalized spacial score (nSPS) is 12.9. The fourth-order valence-electron chi connectivity index (χ4n) is 0.910. The molecule has 1 atom stereocenters. The molecule has 0 saturated heterocycles. The van der Waals surface area contributed by atoms with Crippen LogP contribution >= 0.6 is 0 Å². The predicted molar refractivity (Wildman–Crippen MR) is 54.3 cm³/mol. The van der Waals surface area contributed by atoms with Gasteiger partial charge in [0.25, 0.3) is 0 Å². The molecule has 0 saturated carbocycles. The van der Waals surface area contributed by atoms with E-state index in [1.54, 1.807) is 6.92 Å². The number of ether oxygens (including phenoxy) is 2. The SMILES string of the molecule is CCOC(=O)CC(OS(=O)(=O)O)C(=O)OCC. The van der Waals surface area contributed by atoms with Gasteiger partial charge in [-0.15, -0.1) is 0 Å². The Morgan fingerprint density at radius 3 is 2.12 bits per heavy atom. The van der Waals surface area contributed by atoms with Crippen molar-refractivity contribution < 1.29 is 36.2 Å². The van der Waals surface area contributed by atoms with Gasteiger partial charge in [-0.25, -0.2) is 8.98 Å². The maximum atomic E-state index is 11.2. The maximum Gasteiger partial charge on any atom is 0.398 e. The third-order valence-electron chi connectivity index (χ3n) is 1.44. The Labute approximate surface area is 98.8 Å². The van der Waals surface area contributed by atoms with Crippen LogP contribution in [0, 0.1) is 0 Å². The smallest absolute Gasteiger partial charge is 0.398 e. The Balaban J connectivity index is 4.62. The maximum absolute atomic E-state index is 11.2. The minimum Gasteiger partial charge on any atom is -0.466 e. The molecule has 0 rings (SSSR count). The van der Waals surface area contributed by atoms with E-state index in [4.69, 9.17) is 4.55 Å². The van der Waals surface area contributed by atoms with Crippen LogP contribution in [-0.4, -0.2) is 44.2 Å². The lowest BCUT2D eigenvalue weighted by Gasteiger charge is -2.13. The summed E-state index contributed by atoms with van der Waals surface area (Å²) >= 11 is 0. The number of esters is 2. The summed E-state index contributed by atoms with van der Waals surface area (Å²) < 4.78 is 42.4. The fourth-order valence-corrected chi connectivity index (χ4v) is 1.35. The monoisotopic (exact) mass is 270 g/mol. The zero-order valence-corrected chi connectivity index (χ0v) is 10.2. The summed E-state index contributed by atoms with van der Waals surface area (Å²) in [5.41, 5.74) is 0. The molecule has 0 spiro atoms. The molecule has 0 aromatic carbocycles. The second-order valence-corrected chi connectivity index (χ2v) is 3.82. The van der Waals surface area contributed by atoms with Crippen molar-refractivity contribution in [2.75, 3.05) is 13.2 Å². The highest BCUT2D eigenvalue weighted by Gasteiger charge is 2.29. The van der Waals surface area contributed by atoms with E-state index in [1.807, 2.05) is 0 Å². The molecule has 0 aromatic rings. The number of hydrogen-bond acceptors (Lipinski definition) is 7. The van der Waals surface area contributed by atoms with Gasteiger partial charge in [0.2, 0.25) is 0 Å². The summed E-state index contributed by atoms with van der Waals surface area (Å²) in [4.78, 5) is 22.3. The van der Waals surface area contributed by atoms with Gasteiger partial charge in [0.1, 0.15) is 0 Å². The van der Waals surface area contributed by atoms with E-state index in [2.05, 4.69) is 13.7 Å². The van der Waals surface area contributed by atoms with E-state index in [-0.39, 0.29) is 13.2 Å². The van der Waals surface area contributed by atoms with E-state index in [0.717, 1.165) is 0 Å². The molecule has 0 heterocycles. The first-order valence-corrected chi connectivity index (χ1v) is 6.14. The Morgan fingerprint density at radius 1 is 1.18 bits per heavy atom. The lowest BCUT2D eigenvalue weighted by molar-refractivity contribution is -0.158. The average Bonchev–Trinajstić information content (AvgIpc) is 2.15. The molecule has 1 unspecified atom stereocenters. The van der Waals surface area contributed by atoms with Crippen molar-refractivity contribution in [2.45, 2.75) is 26.4 Å². The first kappa shape index (κ1) is 15.8. The van der Waals surface area contributed by atoms with Crippen LogP contribution in [0.5, 0.6) is 0 Å². The molecule has 0 aliphatic rings. The first-order valence-electron chi connectivity index (χ1n) is 4.78. The molecule has 8 nitrogen and oxygen atoms in total. The van der Waals surface area contributed by atoms with Crippen molar-refractivity contribution in [3.8, 4) is 0 Å². The molecular formula is C8H14O8S. The van der Waals surface area contributed by atoms with E-state index >= 15 is 0 Å². The van der Waals surface area contributed by atoms with E-state index < -0.39 is 34.9 Å². The van der Waals surface area contributed by atoms with Crippen LogP contribution in [-0.2, 0) is 33.6 Å². The number of rotatable bonds is 7. The van der Waals surface area contributed by atoms with Crippen LogP contribution in [0.2, 0.25) is 0 Å². The Morgan fingerprint density at radius 2 is 1.71 bits per heavy atom. The van der Waals surface area contributed by atoms with Gasteiger partial charge in [0.05, 0.1) is 19.6 Å². The van der Waals surface area contributed by atoms with Gasteiger partial charge < -0.3 is 9.47 Å². The molecule has 100 valence electrons. The van der Waals surface area contributed by atoms with E-state index in [0.29, 0.717) is 0 Å². The van der Waals surface area contributed by atoms with Gasteiger partial charge in [0.15, 0.2) is 6.10 Å². The largest absolute Gasteiger partial charge is 0.466 e. The highest BCUT2D eigenvalue weighted by Crippen LogP contribution is 2.07. The Hall–Kier alpha value is -1.19. The quantitative estimate of drug-likeness (QED) is 0.494. The van der Waals surface area contributed by atoms with Gasteiger partial charge in [0, 0.05) is 0 Å². The van der Waals surface area contributed by atoms with Gasteiger partial charge in [-0.3, -0.25) is 9.35 Å². The zero-order valence-electron chi connectivity index (χ0n) is 9.41. The number of carbonyl (C=O) groups is 2. The van der Waals surface area contributed by atoms with Crippen LogP contribution in [0.15, 0.2) is 0 Å². The third-order valence-corrected chi connectivity index (χ3v) is 1.92. The van der Waals surface area contributed by atoms with Crippen molar-refractivity contribution in [1.82, 2.24) is 0 Å². The van der Waals surface area contributed by atoms with Crippen LogP contribution < -0.4 is 0 Å². The summed E-state index contributed by atoms with van der Waals surface area (Å²) in [6, 6.07) is 0. The van der Waals surface area contributed by atoms with Crippen LogP contribution in [0.25, 0.3) is 0 Å². The molecule has 0 fully saturated rings. The molecule has 0 aliphatic carbocycles. The minimum atomic E-state index is -4.86. The van der Waals surface area contributed by atoms with E-state index in [1.165, 1.54) is 6.92 Å². The van der Waals surface area contributed by atoms with Gasteiger partial charge in [-0.2, -0.15) is 8.42 Å². The average molecular weight is 270 g/mol. The van der Waals surface area contributed by atoms with Crippen molar-refractivity contribution in [1.29, 1.82) is 0 Å². The van der Waals surface area contributed by atoms with Crippen LogP contribution in [0.3, 0.4) is 0 Å². The molecule has 0 radical (unpaired) electrons. The van der Waals surface area contributed by atoms with Gasteiger partial charge in [-0.1, -0.05) is 0 Å². The molecule has 0 bridgehead atoms. The Bertz CT molecular complexity index is 360. The van der Waals surface area contributed by atoms with Gasteiger partial charge >= 0.3 is 22.3 Å². The first-order chi connectivity index (χ1) is 7.80. The summed E-state index contributed by atoms with van der Waals surface area (Å²) in [5, 5.41) is 0. The zero-order chi connectivity index (χ0) is 13.5. The summed E-state index contributed by atoms with van der Waals surface area (Å²) in [5.74, 6) is -1.91.